The first-order chi connectivity index (χ1) is 16.1. The number of ketones is 1. The minimum Gasteiger partial charge on any atom is -0.312 e. The van der Waals surface area contributed by atoms with E-state index < -0.39 is 0 Å². The number of pyridine rings is 1. The van der Waals surface area contributed by atoms with Crippen molar-refractivity contribution in [3.8, 4) is 5.69 Å². The monoisotopic (exact) mass is 464 g/mol. The molecule has 0 atom stereocenters. The van der Waals surface area contributed by atoms with Crippen LogP contribution < -0.4 is 0 Å². The lowest BCUT2D eigenvalue weighted by atomic mass is 10.1. The molecule has 174 valence electrons. The van der Waals surface area contributed by atoms with Crippen molar-refractivity contribution in [2.75, 3.05) is 39.3 Å². The second kappa shape index (κ2) is 9.96. The van der Waals surface area contributed by atoms with E-state index in [1.54, 1.807) is 0 Å². The van der Waals surface area contributed by atoms with Crippen molar-refractivity contribution in [1.29, 1.82) is 0 Å². The molecule has 5 rings (SSSR count). The van der Waals surface area contributed by atoms with Gasteiger partial charge in [0.15, 0.2) is 5.78 Å². The highest BCUT2D eigenvalue weighted by atomic mass is 35.5. The van der Waals surface area contributed by atoms with Gasteiger partial charge in [-0.1, -0.05) is 18.0 Å². The van der Waals surface area contributed by atoms with Crippen LogP contribution >= 0.6 is 11.6 Å². The van der Waals surface area contributed by atoms with Gasteiger partial charge in [-0.25, -0.2) is 0 Å². The summed E-state index contributed by atoms with van der Waals surface area (Å²) in [6, 6.07) is 10.1. The number of hydrogen-bond donors (Lipinski definition) is 0. The van der Waals surface area contributed by atoms with Gasteiger partial charge in [0, 0.05) is 29.1 Å². The topological polar surface area (TPSA) is 41.4 Å². The van der Waals surface area contributed by atoms with Gasteiger partial charge in [-0.15, -0.1) is 0 Å². The molecule has 0 saturated carbocycles. The Balaban J connectivity index is 1.52. The minimum atomic E-state index is 0.171. The van der Waals surface area contributed by atoms with Crippen LogP contribution in [-0.2, 0) is 6.42 Å². The van der Waals surface area contributed by atoms with E-state index in [4.69, 9.17) is 16.6 Å². The van der Waals surface area contributed by atoms with Crippen molar-refractivity contribution in [3.05, 3.63) is 58.4 Å². The summed E-state index contributed by atoms with van der Waals surface area (Å²) in [7, 11) is 0. The molecular formula is C27H33ClN4O. The Morgan fingerprint density at radius 1 is 0.970 bits per heavy atom. The fraction of sp³-hybridized carbons (Fsp3) is 0.481. The number of rotatable bonds is 7. The number of benzene rings is 1. The molecular weight excluding hydrogens is 432 g/mol. The van der Waals surface area contributed by atoms with Crippen LogP contribution in [0.4, 0.5) is 0 Å². The third-order valence-corrected chi connectivity index (χ3v) is 7.45. The Morgan fingerprint density at radius 2 is 1.64 bits per heavy atom. The molecule has 4 heterocycles. The highest BCUT2D eigenvalue weighted by Gasteiger charge is 2.24. The maximum absolute atomic E-state index is 13.5. The van der Waals surface area contributed by atoms with Crippen LogP contribution in [0.5, 0.6) is 0 Å². The molecule has 0 N–H and O–H groups in total. The maximum atomic E-state index is 13.5. The quantitative estimate of drug-likeness (QED) is 0.445. The Morgan fingerprint density at radius 3 is 2.36 bits per heavy atom. The number of likely N-dealkylation sites (tertiary alicyclic amines) is 2. The van der Waals surface area contributed by atoms with E-state index in [1.807, 2.05) is 37.4 Å². The summed E-state index contributed by atoms with van der Waals surface area (Å²) in [6.07, 6.45) is 9.18. The number of carbonyl (C=O) groups is 1. The lowest BCUT2D eigenvalue weighted by Crippen LogP contribution is -2.34. The summed E-state index contributed by atoms with van der Waals surface area (Å²) in [6.45, 7) is 8.00. The molecule has 0 radical (unpaired) electrons. The number of Topliss-reactive ketones (excluding diaryl/α,β-unsaturated/α-hetero) is 1. The van der Waals surface area contributed by atoms with Gasteiger partial charge >= 0.3 is 0 Å². The van der Waals surface area contributed by atoms with Gasteiger partial charge in [0.1, 0.15) is 0 Å². The Labute approximate surface area is 201 Å². The van der Waals surface area contributed by atoms with E-state index >= 15 is 0 Å². The first kappa shape index (κ1) is 22.6. The SMILES string of the molecule is Cc1c(C(=O)CN2CCCCC2)c2ncc(CCN3CCCC3)cc2n1-c1ccc(Cl)cc1. The fourth-order valence-electron chi connectivity index (χ4n) is 5.41. The highest BCUT2D eigenvalue weighted by Crippen LogP contribution is 2.30. The molecule has 2 saturated heterocycles. The van der Waals surface area contributed by atoms with Gasteiger partial charge in [-0.3, -0.25) is 14.7 Å². The lowest BCUT2D eigenvalue weighted by molar-refractivity contribution is 0.0916. The van der Waals surface area contributed by atoms with Gasteiger partial charge in [0.25, 0.3) is 0 Å². The van der Waals surface area contributed by atoms with E-state index in [9.17, 15) is 4.79 Å². The van der Waals surface area contributed by atoms with Gasteiger partial charge in [-0.05, 0) is 101 Å². The smallest absolute Gasteiger partial charge is 0.180 e. The molecule has 2 aromatic heterocycles. The van der Waals surface area contributed by atoms with E-state index in [0.29, 0.717) is 11.6 Å². The van der Waals surface area contributed by atoms with Gasteiger partial charge in [0.05, 0.1) is 23.1 Å². The van der Waals surface area contributed by atoms with Crippen LogP contribution in [0, 0.1) is 6.92 Å². The molecule has 0 spiro atoms. The summed E-state index contributed by atoms with van der Waals surface area (Å²) in [5.74, 6) is 0.171. The predicted molar refractivity (Wildman–Crippen MR) is 135 cm³/mol. The third kappa shape index (κ3) is 4.86. The second-order valence-electron chi connectivity index (χ2n) is 9.54. The maximum Gasteiger partial charge on any atom is 0.180 e. The van der Waals surface area contributed by atoms with Crippen molar-refractivity contribution in [2.45, 2.75) is 45.4 Å². The largest absolute Gasteiger partial charge is 0.312 e. The average molecular weight is 465 g/mol. The molecule has 2 aliphatic rings. The Kier molecular flexibility index (Phi) is 6.81. The molecule has 0 aliphatic carbocycles. The minimum absolute atomic E-state index is 0.171. The molecule has 6 heteroatoms. The van der Waals surface area contributed by atoms with Gasteiger partial charge in [-0.2, -0.15) is 0 Å². The summed E-state index contributed by atoms with van der Waals surface area (Å²) in [5, 5.41) is 0.707. The molecule has 33 heavy (non-hydrogen) atoms. The van der Waals surface area contributed by atoms with Crippen LogP contribution in [0.1, 0.15) is 53.7 Å². The zero-order valence-corrected chi connectivity index (χ0v) is 20.3. The standard InChI is InChI=1S/C27H33ClN4O/c1-20-26(25(33)19-31-14-3-2-4-15-31)27-24(32(20)23-9-7-22(28)8-10-23)17-21(18-29-27)11-16-30-12-5-6-13-30/h7-10,17-18H,2-6,11-16,19H2,1H3. The van der Waals surface area contributed by atoms with Crippen LogP contribution in [0.25, 0.3) is 16.7 Å². The summed E-state index contributed by atoms with van der Waals surface area (Å²) in [5.41, 5.74) is 5.77. The van der Waals surface area contributed by atoms with Gasteiger partial charge in [0.2, 0.25) is 0 Å². The lowest BCUT2D eigenvalue weighted by Gasteiger charge is -2.25. The molecule has 2 fully saturated rings. The second-order valence-corrected chi connectivity index (χ2v) is 9.98. The van der Waals surface area contributed by atoms with Crippen molar-refractivity contribution in [2.24, 2.45) is 0 Å². The molecule has 0 unspecified atom stereocenters. The predicted octanol–water partition coefficient (Wildman–Crippen LogP) is 5.29. The molecule has 0 bridgehead atoms. The zero-order chi connectivity index (χ0) is 22.8. The zero-order valence-electron chi connectivity index (χ0n) is 19.5. The summed E-state index contributed by atoms with van der Waals surface area (Å²) >= 11 is 6.16. The van der Waals surface area contributed by atoms with Crippen LogP contribution in [0.3, 0.4) is 0 Å². The van der Waals surface area contributed by atoms with E-state index in [2.05, 4.69) is 20.4 Å². The van der Waals surface area contributed by atoms with E-state index in [-0.39, 0.29) is 5.78 Å². The number of carbonyl (C=O) groups excluding carboxylic acids is 1. The van der Waals surface area contributed by atoms with Crippen molar-refractivity contribution >= 4 is 28.4 Å². The Hall–Kier alpha value is -2.21. The molecule has 0 amide bonds. The van der Waals surface area contributed by atoms with Crippen LogP contribution in [-0.4, -0.2) is 64.4 Å². The number of halogens is 1. The first-order valence-electron chi connectivity index (χ1n) is 12.3. The number of fused-ring (bicyclic) bond motifs is 1. The molecule has 2 aliphatic heterocycles. The number of nitrogens with zero attached hydrogens (tertiary/aromatic N) is 4. The fourth-order valence-corrected chi connectivity index (χ4v) is 5.53. The van der Waals surface area contributed by atoms with Gasteiger partial charge < -0.3 is 9.47 Å². The highest BCUT2D eigenvalue weighted by molar-refractivity contribution is 6.30. The third-order valence-electron chi connectivity index (χ3n) is 7.19. The molecule has 3 aromatic rings. The number of hydrogen-bond acceptors (Lipinski definition) is 4. The van der Waals surface area contributed by atoms with Crippen LogP contribution in [0.15, 0.2) is 36.5 Å². The molecule has 1 aromatic carbocycles. The van der Waals surface area contributed by atoms with Crippen molar-refractivity contribution < 1.29 is 4.79 Å². The summed E-state index contributed by atoms with van der Waals surface area (Å²) in [4.78, 5) is 23.2. The van der Waals surface area contributed by atoms with Crippen molar-refractivity contribution in [1.82, 2.24) is 19.4 Å². The normalized spacial score (nSPS) is 17.8. The van der Waals surface area contributed by atoms with E-state index in [1.165, 1.54) is 50.8 Å². The van der Waals surface area contributed by atoms with Crippen molar-refractivity contribution in [3.63, 3.8) is 0 Å². The molecule has 5 nitrogen and oxygen atoms in total. The van der Waals surface area contributed by atoms with Crippen LogP contribution in [0.2, 0.25) is 5.02 Å². The summed E-state index contributed by atoms with van der Waals surface area (Å²) < 4.78 is 2.18. The Bertz CT molecular complexity index is 1130. The number of piperidine rings is 1. The number of aromatic nitrogens is 2. The van der Waals surface area contributed by atoms with E-state index in [0.717, 1.165) is 54.0 Å². The first-order valence-corrected chi connectivity index (χ1v) is 12.7. The average Bonchev–Trinajstić information content (AvgIpc) is 3.44.